The first-order valence-corrected chi connectivity index (χ1v) is 7.10. The molecular weight excluding hydrogens is 270 g/mol. The van der Waals surface area contributed by atoms with E-state index in [2.05, 4.69) is 0 Å². The average molecular weight is 289 g/mol. The Morgan fingerprint density at radius 3 is 2.19 bits per heavy atom. The molecule has 2 rings (SSSR count). The molecule has 112 valence electrons. The molecule has 1 aromatic rings. The number of hydrogen-bond donors (Lipinski definition) is 1. The van der Waals surface area contributed by atoms with Gasteiger partial charge in [-0.05, 0) is 30.5 Å². The van der Waals surface area contributed by atoms with Crippen LogP contribution < -0.4 is 0 Å². The van der Waals surface area contributed by atoms with Crippen molar-refractivity contribution < 1.29 is 19.5 Å². The maximum atomic E-state index is 12.5. The summed E-state index contributed by atoms with van der Waals surface area (Å²) in [6.45, 7) is 4.07. The Labute approximate surface area is 123 Å². The first-order chi connectivity index (χ1) is 9.93. The van der Waals surface area contributed by atoms with Crippen LogP contribution in [-0.2, 0) is 16.1 Å². The average Bonchev–Trinajstić information content (AvgIpc) is 2.72. The highest BCUT2D eigenvalue weighted by Crippen LogP contribution is 2.39. The third-order valence-electron chi connectivity index (χ3n) is 4.38. The lowest BCUT2D eigenvalue weighted by molar-refractivity contribution is -0.142. The number of amides is 2. The number of nitrogens with zero attached hydrogens (tertiary/aromatic N) is 1. The number of carboxylic acids is 1. The van der Waals surface area contributed by atoms with Crippen molar-refractivity contribution >= 4 is 17.8 Å². The van der Waals surface area contributed by atoms with Crippen molar-refractivity contribution in [1.29, 1.82) is 0 Å². The number of rotatable bonds is 5. The first kappa shape index (κ1) is 15.2. The van der Waals surface area contributed by atoms with Crippen LogP contribution in [0.15, 0.2) is 24.3 Å². The summed E-state index contributed by atoms with van der Waals surface area (Å²) in [7, 11) is 0. The summed E-state index contributed by atoms with van der Waals surface area (Å²) in [4.78, 5) is 36.7. The summed E-state index contributed by atoms with van der Waals surface area (Å²) in [5.41, 5.74) is 0.386. The summed E-state index contributed by atoms with van der Waals surface area (Å²) in [6.07, 6.45) is 1.58. The molecule has 1 aromatic carbocycles. The zero-order chi connectivity index (χ0) is 15.6. The predicted molar refractivity (Wildman–Crippen MR) is 76.6 cm³/mol. The molecule has 1 fully saturated rings. The highest BCUT2D eigenvalue weighted by molar-refractivity contribution is 6.05. The maximum absolute atomic E-state index is 12.5. The van der Waals surface area contributed by atoms with Crippen LogP contribution >= 0.6 is 0 Å². The summed E-state index contributed by atoms with van der Waals surface area (Å²) in [5, 5.41) is 8.86. The minimum absolute atomic E-state index is 0.111. The smallest absolute Gasteiger partial charge is 0.335 e. The summed E-state index contributed by atoms with van der Waals surface area (Å²) >= 11 is 0. The summed E-state index contributed by atoms with van der Waals surface area (Å²) in [5.74, 6) is -1.25. The van der Waals surface area contributed by atoms with Crippen LogP contribution in [0.25, 0.3) is 0 Å². The van der Waals surface area contributed by atoms with Gasteiger partial charge in [0.05, 0.1) is 17.5 Å². The molecule has 0 radical (unpaired) electrons. The van der Waals surface area contributed by atoms with Gasteiger partial charge in [0.15, 0.2) is 0 Å². The van der Waals surface area contributed by atoms with E-state index in [1.807, 2.05) is 13.8 Å². The molecular formula is C16H19NO4. The van der Waals surface area contributed by atoms with E-state index in [9.17, 15) is 14.4 Å². The SMILES string of the molecule is CCC1(CC)CC(=O)N(Cc2ccc(C(=O)O)cc2)C1=O. The molecule has 0 spiro atoms. The van der Waals surface area contributed by atoms with Gasteiger partial charge in [-0.25, -0.2) is 4.79 Å². The molecule has 1 aliphatic heterocycles. The fourth-order valence-electron chi connectivity index (χ4n) is 2.76. The minimum Gasteiger partial charge on any atom is -0.478 e. The third kappa shape index (κ3) is 2.68. The molecule has 0 saturated carbocycles. The zero-order valence-electron chi connectivity index (χ0n) is 12.3. The molecule has 0 aromatic heterocycles. The van der Waals surface area contributed by atoms with E-state index >= 15 is 0 Å². The van der Waals surface area contributed by atoms with Crippen LogP contribution in [-0.4, -0.2) is 27.8 Å². The molecule has 0 aliphatic carbocycles. The minimum atomic E-state index is -0.995. The Hall–Kier alpha value is -2.17. The number of hydrogen-bond acceptors (Lipinski definition) is 3. The quantitative estimate of drug-likeness (QED) is 0.845. The number of likely N-dealkylation sites (tertiary alicyclic amines) is 1. The molecule has 21 heavy (non-hydrogen) atoms. The fraction of sp³-hybridized carbons (Fsp3) is 0.438. The van der Waals surface area contributed by atoms with Crippen molar-refractivity contribution in [2.75, 3.05) is 0 Å². The largest absolute Gasteiger partial charge is 0.478 e. The number of carbonyl (C=O) groups is 3. The van der Waals surface area contributed by atoms with Crippen LogP contribution in [0.5, 0.6) is 0 Å². The van der Waals surface area contributed by atoms with Gasteiger partial charge in [0.25, 0.3) is 0 Å². The van der Waals surface area contributed by atoms with Crippen molar-refractivity contribution in [2.24, 2.45) is 5.41 Å². The van der Waals surface area contributed by atoms with Gasteiger partial charge in [-0.3, -0.25) is 14.5 Å². The second-order valence-corrected chi connectivity index (χ2v) is 5.45. The third-order valence-corrected chi connectivity index (χ3v) is 4.38. The first-order valence-electron chi connectivity index (χ1n) is 7.10. The highest BCUT2D eigenvalue weighted by atomic mass is 16.4. The van der Waals surface area contributed by atoms with Gasteiger partial charge < -0.3 is 5.11 Å². The zero-order valence-corrected chi connectivity index (χ0v) is 12.3. The molecule has 0 unspecified atom stereocenters. The van der Waals surface area contributed by atoms with Crippen LogP contribution in [0.3, 0.4) is 0 Å². The molecule has 5 heteroatoms. The van der Waals surface area contributed by atoms with E-state index in [1.165, 1.54) is 17.0 Å². The number of carbonyl (C=O) groups excluding carboxylic acids is 2. The molecule has 5 nitrogen and oxygen atoms in total. The van der Waals surface area contributed by atoms with Gasteiger partial charge in [-0.1, -0.05) is 26.0 Å². The second kappa shape index (κ2) is 5.68. The van der Waals surface area contributed by atoms with Gasteiger partial charge >= 0.3 is 5.97 Å². The van der Waals surface area contributed by atoms with E-state index in [4.69, 9.17) is 5.11 Å². The normalized spacial score (nSPS) is 17.3. The number of aromatic carboxylic acids is 1. The van der Waals surface area contributed by atoms with Crippen molar-refractivity contribution in [2.45, 2.75) is 39.7 Å². The molecule has 0 atom stereocenters. The van der Waals surface area contributed by atoms with Crippen molar-refractivity contribution in [3.8, 4) is 0 Å². The van der Waals surface area contributed by atoms with Crippen LogP contribution in [0.1, 0.15) is 49.0 Å². The Kier molecular flexibility index (Phi) is 4.11. The van der Waals surface area contributed by atoms with Gasteiger partial charge in [0.1, 0.15) is 0 Å². The summed E-state index contributed by atoms with van der Waals surface area (Å²) in [6, 6.07) is 6.25. The maximum Gasteiger partial charge on any atom is 0.335 e. The van der Waals surface area contributed by atoms with Crippen LogP contribution in [0.2, 0.25) is 0 Å². The highest BCUT2D eigenvalue weighted by Gasteiger charge is 2.48. The van der Waals surface area contributed by atoms with E-state index in [-0.39, 0.29) is 30.3 Å². The van der Waals surface area contributed by atoms with E-state index in [0.717, 1.165) is 5.56 Å². The van der Waals surface area contributed by atoms with Crippen molar-refractivity contribution in [1.82, 2.24) is 4.90 Å². The second-order valence-electron chi connectivity index (χ2n) is 5.45. The summed E-state index contributed by atoms with van der Waals surface area (Å²) < 4.78 is 0. The Bertz CT molecular complexity index is 572. The van der Waals surface area contributed by atoms with Gasteiger partial charge in [0.2, 0.25) is 11.8 Å². The molecule has 1 heterocycles. The van der Waals surface area contributed by atoms with Gasteiger partial charge in [-0.15, -0.1) is 0 Å². The number of imide groups is 1. The van der Waals surface area contributed by atoms with Gasteiger partial charge in [0, 0.05) is 6.42 Å². The van der Waals surface area contributed by atoms with Gasteiger partial charge in [-0.2, -0.15) is 0 Å². The van der Waals surface area contributed by atoms with Crippen molar-refractivity contribution in [3.05, 3.63) is 35.4 Å². The van der Waals surface area contributed by atoms with Crippen molar-refractivity contribution in [3.63, 3.8) is 0 Å². The fourth-order valence-corrected chi connectivity index (χ4v) is 2.76. The standard InChI is InChI=1S/C16H19NO4/c1-3-16(4-2)9-13(18)17(15(16)21)10-11-5-7-12(8-6-11)14(19)20/h5-8H,3-4,9-10H2,1-2H3,(H,19,20). The lowest BCUT2D eigenvalue weighted by Crippen LogP contribution is -2.34. The molecule has 1 aliphatic rings. The van der Waals surface area contributed by atoms with E-state index < -0.39 is 11.4 Å². The molecule has 1 saturated heterocycles. The Morgan fingerprint density at radius 1 is 1.19 bits per heavy atom. The van der Waals surface area contributed by atoms with E-state index in [0.29, 0.717) is 12.8 Å². The lowest BCUT2D eigenvalue weighted by atomic mass is 9.81. The predicted octanol–water partition coefficient (Wildman–Crippen LogP) is 2.45. The number of carboxylic acid groups (broad SMARTS) is 1. The topological polar surface area (TPSA) is 74.7 Å². The Balaban J connectivity index is 2.18. The van der Waals surface area contributed by atoms with Crippen LogP contribution in [0.4, 0.5) is 0 Å². The number of benzene rings is 1. The molecule has 2 amide bonds. The van der Waals surface area contributed by atoms with E-state index in [1.54, 1.807) is 12.1 Å². The molecule has 0 bridgehead atoms. The lowest BCUT2D eigenvalue weighted by Gasteiger charge is -2.23. The molecule has 1 N–H and O–H groups in total. The monoisotopic (exact) mass is 289 g/mol. The Morgan fingerprint density at radius 2 is 1.76 bits per heavy atom. The van der Waals surface area contributed by atoms with Crippen LogP contribution in [0, 0.1) is 5.41 Å².